The number of aryl methyl sites for hydroxylation is 1. The highest BCUT2D eigenvalue weighted by Gasteiger charge is 2.25. The number of hydrogen-bond donors (Lipinski definition) is 2. The van der Waals surface area contributed by atoms with Crippen molar-refractivity contribution in [3.63, 3.8) is 0 Å². The van der Waals surface area contributed by atoms with Crippen molar-refractivity contribution >= 4 is 16.9 Å². The fourth-order valence-corrected chi connectivity index (χ4v) is 3.66. The quantitative estimate of drug-likeness (QED) is 0.644. The molecule has 3 aromatic rings. The zero-order valence-corrected chi connectivity index (χ0v) is 16.4. The number of nitrogens with one attached hydrogen (secondary N) is 2. The summed E-state index contributed by atoms with van der Waals surface area (Å²) < 4.78 is 10.8. The van der Waals surface area contributed by atoms with Gasteiger partial charge in [-0.2, -0.15) is 0 Å². The number of hydrogen-bond acceptors (Lipinski definition) is 4. The van der Waals surface area contributed by atoms with Gasteiger partial charge in [-0.15, -0.1) is 0 Å². The molecule has 2 heterocycles. The molecular weight excluding hydrogens is 368 g/mol. The minimum absolute atomic E-state index is 0.0257. The highest BCUT2D eigenvalue weighted by atomic mass is 16.5. The molecule has 0 saturated carbocycles. The Bertz CT molecular complexity index is 1050. The van der Waals surface area contributed by atoms with Crippen molar-refractivity contribution < 1.29 is 18.8 Å². The average Bonchev–Trinajstić information content (AvgIpc) is 2.74. The molecule has 1 saturated heterocycles. The smallest absolute Gasteiger partial charge is 0.349 e. The molecule has 1 aliphatic rings. The summed E-state index contributed by atoms with van der Waals surface area (Å²) in [5.74, 6) is -0.414. The Morgan fingerprint density at radius 1 is 1.10 bits per heavy atom. The molecule has 0 aliphatic carbocycles. The van der Waals surface area contributed by atoms with E-state index >= 15 is 0 Å². The summed E-state index contributed by atoms with van der Waals surface area (Å²) in [5.41, 5.74) is 2.06. The van der Waals surface area contributed by atoms with Crippen molar-refractivity contribution in [2.24, 2.45) is 0 Å². The first-order chi connectivity index (χ1) is 14.1. The van der Waals surface area contributed by atoms with E-state index in [1.807, 2.05) is 43.3 Å². The third-order valence-corrected chi connectivity index (χ3v) is 5.36. The number of fused-ring (bicyclic) bond motifs is 1. The highest BCUT2D eigenvalue weighted by Crippen LogP contribution is 2.16. The van der Waals surface area contributed by atoms with Crippen molar-refractivity contribution in [3.8, 4) is 0 Å². The maximum atomic E-state index is 13.0. The zero-order valence-electron chi connectivity index (χ0n) is 16.4. The van der Waals surface area contributed by atoms with E-state index in [1.54, 1.807) is 18.2 Å². The minimum atomic E-state index is -0.623. The molecule has 29 heavy (non-hydrogen) atoms. The van der Waals surface area contributed by atoms with Gasteiger partial charge in [0.15, 0.2) is 0 Å². The van der Waals surface area contributed by atoms with Crippen LogP contribution in [0.5, 0.6) is 0 Å². The van der Waals surface area contributed by atoms with E-state index in [0.717, 1.165) is 49.4 Å². The SMILES string of the molecule is Cc1ccc([C@@H](C[NH+]2CCOCC2)NC(=O)c2cc3ccccc3oc2=O)cc1. The van der Waals surface area contributed by atoms with E-state index in [9.17, 15) is 9.59 Å². The highest BCUT2D eigenvalue weighted by molar-refractivity contribution is 5.96. The van der Waals surface area contributed by atoms with Crippen LogP contribution >= 0.6 is 0 Å². The number of para-hydroxylation sites is 1. The Hall–Kier alpha value is -2.96. The Balaban J connectivity index is 1.60. The first-order valence-electron chi connectivity index (χ1n) is 9.92. The molecule has 1 amide bonds. The number of carbonyl (C=O) groups is 1. The second-order valence-electron chi connectivity index (χ2n) is 7.49. The fraction of sp³-hybridized carbons (Fsp3) is 0.304. The summed E-state index contributed by atoms with van der Waals surface area (Å²) in [5, 5.41) is 3.79. The van der Waals surface area contributed by atoms with E-state index in [4.69, 9.17) is 9.15 Å². The lowest BCUT2D eigenvalue weighted by Crippen LogP contribution is -3.14. The van der Waals surface area contributed by atoms with Gasteiger partial charge >= 0.3 is 5.63 Å². The van der Waals surface area contributed by atoms with Crippen LogP contribution in [0.1, 0.15) is 27.5 Å². The second kappa shape index (κ2) is 8.59. The maximum absolute atomic E-state index is 13.0. The zero-order chi connectivity index (χ0) is 20.2. The summed E-state index contributed by atoms with van der Waals surface area (Å²) >= 11 is 0. The van der Waals surface area contributed by atoms with Gasteiger partial charge in [0.25, 0.3) is 5.91 Å². The van der Waals surface area contributed by atoms with Gasteiger partial charge in [0, 0.05) is 5.39 Å². The number of ether oxygens (including phenoxy) is 1. The average molecular weight is 393 g/mol. The van der Waals surface area contributed by atoms with Crippen LogP contribution in [0.25, 0.3) is 11.0 Å². The van der Waals surface area contributed by atoms with Crippen LogP contribution in [0.4, 0.5) is 0 Å². The Morgan fingerprint density at radius 2 is 1.83 bits per heavy atom. The molecule has 4 rings (SSSR count). The molecule has 1 atom stereocenters. The van der Waals surface area contributed by atoms with Crippen molar-refractivity contribution in [1.29, 1.82) is 0 Å². The van der Waals surface area contributed by atoms with Crippen LogP contribution in [0.3, 0.4) is 0 Å². The first-order valence-corrected chi connectivity index (χ1v) is 9.92. The predicted molar refractivity (Wildman–Crippen MR) is 110 cm³/mol. The van der Waals surface area contributed by atoms with Gasteiger partial charge in [-0.1, -0.05) is 48.0 Å². The van der Waals surface area contributed by atoms with Crippen LogP contribution in [0, 0.1) is 6.92 Å². The van der Waals surface area contributed by atoms with Crippen molar-refractivity contribution in [2.75, 3.05) is 32.8 Å². The maximum Gasteiger partial charge on any atom is 0.349 e. The number of carbonyl (C=O) groups excluding carboxylic acids is 1. The van der Waals surface area contributed by atoms with Gasteiger partial charge in [0.2, 0.25) is 0 Å². The van der Waals surface area contributed by atoms with Crippen LogP contribution in [-0.2, 0) is 4.74 Å². The molecule has 0 bridgehead atoms. The Morgan fingerprint density at radius 3 is 2.59 bits per heavy atom. The number of rotatable bonds is 5. The molecule has 150 valence electrons. The number of quaternary nitrogens is 1. The molecule has 1 aliphatic heterocycles. The molecule has 2 aromatic carbocycles. The normalized spacial score (nSPS) is 15.9. The molecule has 0 unspecified atom stereocenters. The van der Waals surface area contributed by atoms with E-state index in [-0.39, 0.29) is 11.6 Å². The van der Waals surface area contributed by atoms with Crippen LogP contribution in [0.15, 0.2) is 63.8 Å². The summed E-state index contributed by atoms with van der Waals surface area (Å²) in [6.07, 6.45) is 0. The molecular formula is C23H25N2O4+. The van der Waals surface area contributed by atoms with E-state index < -0.39 is 11.5 Å². The number of benzene rings is 2. The largest absolute Gasteiger partial charge is 0.422 e. The Labute approximate surface area is 169 Å². The molecule has 0 spiro atoms. The van der Waals surface area contributed by atoms with E-state index in [1.165, 1.54) is 4.90 Å². The van der Waals surface area contributed by atoms with Crippen LogP contribution in [-0.4, -0.2) is 38.8 Å². The molecule has 6 heteroatoms. The van der Waals surface area contributed by atoms with Crippen LogP contribution < -0.4 is 15.8 Å². The lowest BCUT2D eigenvalue weighted by Gasteiger charge is -2.28. The molecule has 2 N–H and O–H groups in total. The summed E-state index contributed by atoms with van der Waals surface area (Å²) in [6.45, 7) is 6.00. The monoisotopic (exact) mass is 393 g/mol. The van der Waals surface area contributed by atoms with E-state index in [2.05, 4.69) is 5.32 Å². The van der Waals surface area contributed by atoms with Gasteiger partial charge in [0.1, 0.15) is 36.8 Å². The molecule has 6 nitrogen and oxygen atoms in total. The summed E-state index contributed by atoms with van der Waals surface area (Å²) in [6, 6.07) is 16.7. The van der Waals surface area contributed by atoms with Gasteiger partial charge in [-0.25, -0.2) is 4.79 Å². The van der Waals surface area contributed by atoms with Crippen molar-refractivity contribution in [1.82, 2.24) is 5.32 Å². The van der Waals surface area contributed by atoms with Gasteiger partial charge in [0.05, 0.1) is 13.2 Å². The molecule has 1 aromatic heterocycles. The Kier molecular flexibility index (Phi) is 5.74. The predicted octanol–water partition coefficient (Wildman–Crippen LogP) is 1.49. The topological polar surface area (TPSA) is 73.0 Å². The van der Waals surface area contributed by atoms with Crippen molar-refractivity contribution in [2.45, 2.75) is 13.0 Å². The van der Waals surface area contributed by atoms with Gasteiger partial charge in [-0.05, 0) is 24.6 Å². The second-order valence-corrected chi connectivity index (χ2v) is 7.49. The van der Waals surface area contributed by atoms with Gasteiger partial charge in [-0.3, -0.25) is 4.79 Å². The first kappa shape index (κ1) is 19.4. The number of amides is 1. The third-order valence-electron chi connectivity index (χ3n) is 5.36. The lowest BCUT2D eigenvalue weighted by atomic mass is 10.0. The summed E-state index contributed by atoms with van der Waals surface area (Å²) in [7, 11) is 0. The lowest BCUT2D eigenvalue weighted by molar-refractivity contribution is -0.909. The molecule has 1 fully saturated rings. The van der Waals surface area contributed by atoms with E-state index in [0.29, 0.717) is 5.58 Å². The van der Waals surface area contributed by atoms with Crippen LogP contribution in [0.2, 0.25) is 0 Å². The molecule has 0 radical (unpaired) electrons. The van der Waals surface area contributed by atoms with Gasteiger partial charge < -0.3 is 19.4 Å². The standard InChI is InChI=1S/C23H24N2O4/c1-16-6-8-17(9-7-16)20(15-25-10-12-28-13-11-25)24-22(26)19-14-18-4-2-3-5-21(18)29-23(19)27/h2-9,14,20H,10-13,15H2,1H3,(H,24,26)/p+1/t20-/m1/s1. The minimum Gasteiger partial charge on any atom is -0.422 e. The summed E-state index contributed by atoms with van der Waals surface area (Å²) in [4.78, 5) is 26.7. The number of morpholine rings is 1. The fourth-order valence-electron chi connectivity index (χ4n) is 3.66. The third kappa shape index (κ3) is 4.55. The van der Waals surface area contributed by atoms with Crippen molar-refractivity contribution in [3.05, 3.63) is 81.7 Å².